The minimum Gasteiger partial charge on any atom is -0.485 e. The highest BCUT2D eigenvalue weighted by molar-refractivity contribution is 6.08. The number of benzene rings is 1. The molecule has 1 aromatic carbocycles. The van der Waals surface area contributed by atoms with Gasteiger partial charge in [-0.3, -0.25) is 4.79 Å². The van der Waals surface area contributed by atoms with Crippen molar-refractivity contribution in [3.05, 3.63) is 66.2 Å². The number of amides is 1. The molecule has 9 heteroatoms. The maximum atomic E-state index is 12.4. The number of aryl methyl sites for hydroxylation is 1. The Balaban J connectivity index is 1.41. The van der Waals surface area contributed by atoms with E-state index < -0.39 is 0 Å². The summed E-state index contributed by atoms with van der Waals surface area (Å²) in [6.07, 6.45) is 4.84. The number of rotatable bonds is 5. The molecule has 0 radical (unpaired) electrons. The van der Waals surface area contributed by atoms with Crippen molar-refractivity contribution in [2.75, 3.05) is 5.32 Å². The van der Waals surface area contributed by atoms with E-state index in [0.717, 1.165) is 0 Å². The Morgan fingerprint density at radius 3 is 2.92 bits per heavy atom. The molecule has 0 unspecified atom stereocenters. The number of ether oxygens (including phenoxy) is 1. The van der Waals surface area contributed by atoms with Crippen LogP contribution in [0.1, 0.15) is 22.1 Å². The molecule has 0 saturated carbocycles. The summed E-state index contributed by atoms with van der Waals surface area (Å²) in [7, 11) is 0. The molecule has 0 spiro atoms. The lowest BCUT2D eigenvalue weighted by atomic mass is 10.2. The van der Waals surface area contributed by atoms with Gasteiger partial charge in [-0.25, -0.2) is 9.50 Å². The van der Waals surface area contributed by atoms with Crippen molar-refractivity contribution in [3.8, 4) is 5.75 Å². The summed E-state index contributed by atoms with van der Waals surface area (Å²) in [5.41, 5.74) is 1.53. The van der Waals surface area contributed by atoms with Gasteiger partial charge in [0, 0.05) is 25.0 Å². The fourth-order valence-corrected chi connectivity index (χ4v) is 2.37. The molecule has 0 bridgehead atoms. The van der Waals surface area contributed by atoms with Gasteiger partial charge in [0.05, 0.1) is 6.20 Å². The van der Waals surface area contributed by atoms with E-state index in [1.165, 1.54) is 6.20 Å². The van der Waals surface area contributed by atoms with E-state index in [1.807, 2.05) is 0 Å². The van der Waals surface area contributed by atoms with Crippen LogP contribution in [-0.4, -0.2) is 30.6 Å². The molecule has 130 valence electrons. The zero-order chi connectivity index (χ0) is 17.9. The molecule has 0 aliphatic heterocycles. The van der Waals surface area contributed by atoms with Gasteiger partial charge in [-0.15, -0.1) is 0 Å². The van der Waals surface area contributed by atoms with Gasteiger partial charge in [-0.2, -0.15) is 10.1 Å². The van der Waals surface area contributed by atoms with Crippen molar-refractivity contribution < 1.29 is 14.1 Å². The van der Waals surface area contributed by atoms with Crippen LogP contribution in [0.4, 0.5) is 5.69 Å². The Kier molecular flexibility index (Phi) is 4.02. The third-order valence-electron chi connectivity index (χ3n) is 3.57. The van der Waals surface area contributed by atoms with E-state index in [0.29, 0.717) is 34.4 Å². The summed E-state index contributed by atoms with van der Waals surface area (Å²) in [6, 6.07) is 8.73. The predicted octanol–water partition coefficient (Wildman–Crippen LogP) is 2.25. The van der Waals surface area contributed by atoms with Crippen molar-refractivity contribution in [2.24, 2.45) is 0 Å². The van der Waals surface area contributed by atoms with Gasteiger partial charge in [0.2, 0.25) is 11.7 Å². The van der Waals surface area contributed by atoms with Crippen molar-refractivity contribution in [3.63, 3.8) is 0 Å². The molecule has 1 amide bonds. The third kappa shape index (κ3) is 3.22. The lowest BCUT2D eigenvalue weighted by molar-refractivity contribution is 0.102. The number of fused-ring (bicyclic) bond motifs is 1. The van der Waals surface area contributed by atoms with E-state index in [2.05, 4.69) is 25.5 Å². The fourth-order valence-electron chi connectivity index (χ4n) is 2.37. The minimum atomic E-state index is -0.283. The van der Waals surface area contributed by atoms with E-state index in [-0.39, 0.29) is 12.5 Å². The van der Waals surface area contributed by atoms with Crippen LogP contribution in [0.2, 0.25) is 0 Å². The Morgan fingerprint density at radius 1 is 1.31 bits per heavy atom. The van der Waals surface area contributed by atoms with E-state index >= 15 is 0 Å². The van der Waals surface area contributed by atoms with Gasteiger partial charge in [0.25, 0.3) is 5.91 Å². The first-order valence-corrected chi connectivity index (χ1v) is 7.81. The van der Waals surface area contributed by atoms with Crippen molar-refractivity contribution in [2.45, 2.75) is 13.5 Å². The fraction of sp³-hybridized carbons (Fsp3) is 0.118. The lowest BCUT2D eigenvalue weighted by Gasteiger charge is -2.06. The maximum absolute atomic E-state index is 12.4. The smallest absolute Gasteiger partial charge is 0.261 e. The first-order chi connectivity index (χ1) is 12.7. The summed E-state index contributed by atoms with van der Waals surface area (Å²) in [6.45, 7) is 1.92. The predicted molar refractivity (Wildman–Crippen MR) is 90.7 cm³/mol. The molecule has 0 fully saturated rings. The number of hydrogen-bond donors (Lipinski definition) is 1. The molecule has 3 aromatic heterocycles. The second-order valence-electron chi connectivity index (χ2n) is 5.44. The highest BCUT2D eigenvalue weighted by Crippen LogP contribution is 2.18. The third-order valence-corrected chi connectivity index (χ3v) is 3.57. The molecule has 0 aliphatic carbocycles. The van der Waals surface area contributed by atoms with Crippen LogP contribution < -0.4 is 10.1 Å². The number of nitrogens with zero attached hydrogens (tertiary/aromatic N) is 5. The Labute approximate surface area is 147 Å². The quantitative estimate of drug-likeness (QED) is 0.588. The molecule has 9 nitrogen and oxygen atoms in total. The number of nitrogens with one attached hydrogen (secondary N) is 1. The van der Waals surface area contributed by atoms with Gasteiger partial charge in [0.1, 0.15) is 11.3 Å². The highest BCUT2D eigenvalue weighted by atomic mass is 16.5. The van der Waals surface area contributed by atoms with Crippen LogP contribution in [0.15, 0.2) is 53.4 Å². The molecule has 4 rings (SSSR count). The number of anilines is 1. The highest BCUT2D eigenvalue weighted by Gasteiger charge is 2.13. The number of carbonyl (C=O) groups is 1. The standard InChI is InChI=1S/C17H14N6O3/c1-11-20-15(22-26-11)10-25-13-5-3-12(4-6-13)21-17(24)14-9-19-23-8-2-7-18-16(14)23/h2-9H,10H2,1H3,(H,21,24). The number of carbonyl (C=O) groups excluding carboxylic acids is 1. The summed E-state index contributed by atoms with van der Waals surface area (Å²) in [5.74, 6) is 1.31. The average molecular weight is 350 g/mol. The van der Waals surface area contributed by atoms with Crippen LogP contribution in [-0.2, 0) is 6.61 Å². The molecular formula is C17H14N6O3. The molecule has 0 aliphatic rings. The monoisotopic (exact) mass is 350 g/mol. The summed E-state index contributed by atoms with van der Waals surface area (Å²) < 4.78 is 12.0. The number of aromatic nitrogens is 5. The second-order valence-corrected chi connectivity index (χ2v) is 5.44. The van der Waals surface area contributed by atoms with E-state index in [9.17, 15) is 4.79 Å². The Bertz CT molecular complexity index is 1050. The van der Waals surface area contributed by atoms with Crippen molar-refractivity contribution in [1.82, 2.24) is 24.7 Å². The summed E-state index contributed by atoms with van der Waals surface area (Å²) >= 11 is 0. The zero-order valence-corrected chi connectivity index (χ0v) is 13.8. The first kappa shape index (κ1) is 15.8. The van der Waals surface area contributed by atoms with Crippen LogP contribution in [0.25, 0.3) is 5.65 Å². The second kappa shape index (κ2) is 6.63. The molecule has 26 heavy (non-hydrogen) atoms. The minimum absolute atomic E-state index is 0.205. The molecule has 0 saturated heterocycles. The van der Waals surface area contributed by atoms with Crippen molar-refractivity contribution >= 4 is 17.2 Å². The van der Waals surface area contributed by atoms with Gasteiger partial charge in [-0.05, 0) is 30.3 Å². The normalized spacial score (nSPS) is 10.8. The van der Waals surface area contributed by atoms with E-state index in [1.54, 1.807) is 54.2 Å². The molecule has 0 atom stereocenters. The van der Waals surface area contributed by atoms with Crippen LogP contribution in [0, 0.1) is 6.92 Å². The topological polar surface area (TPSA) is 107 Å². The zero-order valence-electron chi connectivity index (χ0n) is 13.8. The van der Waals surface area contributed by atoms with Gasteiger partial charge in [0.15, 0.2) is 12.3 Å². The first-order valence-electron chi connectivity index (χ1n) is 7.81. The van der Waals surface area contributed by atoms with Crippen LogP contribution >= 0.6 is 0 Å². The SMILES string of the molecule is Cc1nc(COc2ccc(NC(=O)c3cnn4cccnc34)cc2)no1. The number of hydrogen-bond acceptors (Lipinski definition) is 7. The van der Waals surface area contributed by atoms with Gasteiger partial charge in [-0.1, -0.05) is 5.16 Å². The Hall–Kier alpha value is -3.75. The lowest BCUT2D eigenvalue weighted by Crippen LogP contribution is -2.12. The van der Waals surface area contributed by atoms with Gasteiger partial charge >= 0.3 is 0 Å². The van der Waals surface area contributed by atoms with Crippen molar-refractivity contribution in [1.29, 1.82) is 0 Å². The van der Waals surface area contributed by atoms with Gasteiger partial charge < -0.3 is 14.6 Å². The van der Waals surface area contributed by atoms with E-state index in [4.69, 9.17) is 9.26 Å². The van der Waals surface area contributed by atoms with Crippen LogP contribution in [0.3, 0.4) is 0 Å². The summed E-state index contributed by atoms with van der Waals surface area (Å²) in [5, 5.41) is 10.7. The largest absolute Gasteiger partial charge is 0.485 e. The molecular weight excluding hydrogens is 336 g/mol. The molecule has 3 heterocycles. The molecule has 4 aromatic rings. The van der Waals surface area contributed by atoms with Crippen LogP contribution in [0.5, 0.6) is 5.75 Å². The summed E-state index contributed by atoms with van der Waals surface area (Å²) in [4.78, 5) is 20.7. The maximum Gasteiger partial charge on any atom is 0.261 e. The molecule has 1 N–H and O–H groups in total. The Morgan fingerprint density at radius 2 is 2.15 bits per heavy atom. The average Bonchev–Trinajstić information content (AvgIpc) is 3.27.